The van der Waals surface area contributed by atoms with Crippen molar-refractivity contribution in [1.82, 2.24) is 0 Å². The molecule has 0 bridgehead atoms. The molecule has 160 valence electrons. The second-order valence-corrected chi connectivity index (χ2v) is 7.18. The molecule has 5 nitrogen and oxygen atoms in total. The maximum absolute atomic E-state index is 11.5. The van der Waals surface area contributed by atoms with Crippen molar-refractivity contribution in [1.29, 1.82) is 0 Å². The molecule has 0 fully saturated rings. The van der Waals surface area contributed by atoms with Gasteiger partial charge in [-0.25, -0.2) is 9.59 Å². The highest BCUT2D eigenvalue weighted by Gasteiger charge is 2.07. The summed E-state index contributed by atoms with van der Waals surface area (Å²) in [5.41, 5.74) is 0. The highest BCUT2D eigenvalue weighted by molar-refractivity contribution is 5.73. The molecule has 0 aromatic heterocycles. The standard InChI is InChI=1S/C22H42O5/c1-3-5-7-8-9-10-11-12-13-14-16-18-27-22(24)20-25-19-21(23)26-17-15-6-4-2/h3-20H2,1-2H3. The van der Waals surface area contributed by atoms with Crippen LogP contribution >= 0.6 is 0 Å². The Kier molecular flexibility index (Phi) is 20.3. The highest BCUT2D eigenvalue weighted by atomic mass is 16.6. The Balaban J connectivity index is 3.26. The molecular formula is C22H42O5. The average molecular weight is 387 g/mol. The van der Waals surface area contributed by atoms with Crippen LogP contribution < -0.4 is 0 Å². The summed E-state index contributed by atoms with van der Waals surface area (Å²) in [4.78, 5) is 22.9. The number of carbonyl (C=O) groups is 2. The van der Waals surface area contributed by atoms with Crippen molar-refractivity contribution in [3.63, 3.8) is 0 Å². The predicted octanol–water partition coefficient (Wildman–Crippen LogP) is 5.59. The predicted molar refractivity (Wildman–Crippen MR) is 109 cm³/mol. The highest BCUT2D eigenvalue weighted by Crippen LogP contribution is 2.11. The number of unbranched alkanes of at least 4 members (excludes halogenated alkanes) is 12. The van der Waals surface area contributed by atoms with E-state index in [9.17, 15) is 9.59 Å². The summed E-state index contributed by atoms with van der Waals surface area (Å²) in [6.45, 7) is 4.80. The van der Waals surface area contributed by atoms with Crippen molar-refractivity contribution in [3.05, 3.63) is 0 Å². The van der Waals surface area contributed by atoms with Crippen LogP contribution in [0.25, 0.3) is 0 Å². The van der Waals surface area contributed by atoms with Gasteiger partial charge in [-0.1, -0.05) is 90.9 Å². The molecule has 0 rings (SSSR count). The second kappa shape index (κ2) is 21.2. The van der Waals surface area contributed by atoms with E-state index in [1.807, 2.05) is 0 Å². The molecule has 0 saturated heterocycles. The molecule has 5 heteroatoms. The lowest BCUT2D eigenvalue weighted by Gasteiger charge is -2.07. The first-order valence-corrected chi connectivity index (χ1v) is 11.1. The van der Waals surface area contributed by atoms with Crippen LogP contribution in [0.5, 0.6) is 0 Å². The SMILES string of the molecule is CCCCCCCCCCCCCOC(=O)COCC(=O)OCCCCC. The molecular weight excluding hydrogens is 344 g/mol. The summed E-state index contributed by atoms with van der Waals surface area (Å²) in [6, 6.07) is 0. The summed E-state index contributed by atoms with van der Waals surface area (Å²) >= 11 is 0. The summed E-state index contributed by atoms with van der Waals surface area (Å²) in [5, 5.41) is 0. The lowest BCUT2D eigenvalue weighted by Crippen LogP contribution is -2.19. The summed E-state index contributed by atoms with van der Waals surface area (Å²) in [5.74, 6) is -0.842. The zero-order valence-electron chi connectivity index (χ0n) is 17.8. The first kappa shape index (κ1) is 25.9. The molecule has 0 heterocycles. The van der Waals surface area contributed by atoms with E-state index in [1.54, 1.807) is 0 Å². The third-order valence-corrected chi connectivity index (χ3v) is 4.46. The summed E-state index contributed by atoms with van der Waals surface area (Å²) < 4.78 is 15.1. The van der Waals surface area contributed by atoms with E-state index in [-0.39, 0.29) is 13.2 Å². The van der Waals surface area contributed by atoms with Crippen LogP contribution in [0.3, 0.4) is 0 Å². The van der Waals surface area contributed by atoms with Gasteiger partial charge in [-0.05, 0) is 12.8 Å². The van der Waals surface area contributed by atoms with Crippen molar-refractivity contribution >= 4 is 11.9 Å². The zero-order chi connectivity index (χ0) is 20.0. The number of hydrogen-bond acceptors (Lipinski definition) is 5. The Morgan fingerprint density at radius 2 is 0.852 bits per heavy atom. The van der Waals surface area contributed by atoms with Gasteiger partial charge < -0.3 is 14.2 Å². The maximum Gasteiger partial charge on any atom is 0.332 e. The Labute approximate surface area is 166 Å². The lowest BCUT2D eigenvalue weighted by molar-refractivity contribution is -0.155. The topological polar surface area (TPSA) is 61.8 Å². The Bertz CT molecular complexity index is 344. The molecule has 0 N–H and O–H groups in total. The van der Waals surface area contributed by atoms with Gasteiger partial charge in [0.1, 0.15) is 13.2 Å². The molecule has 0 saturated carbocycles. The minimum Gasteiger partial charge on any atom is -0.464 e. The van der Waals surface area contributed by atoms with Crippen molar-refractivity contribution in [3.8, 4) is 0 Å². The number of ether oxygens (including phenoxy) is 3. The lowest BCUT2D eigenvalue weighted by atomic mass is 10.1. The fourth-order valence-electron chi connectivity index (χ4n) is 2.79. The molecule has 0 aliphatic rings. The molecule has 0 radical (unpaired) electrons. The van der Waals surface area contributed by atoms with Crippen LogP contribution in [-0.4, -0.2) is 38.4 Å². The van der Waals surface area contributed by atoms with Gasteiger partial charge in [0.25, 0.3) is 0 Å². The monoisotopic (exact) mass is 386 g/mol. The molecule has 0 aliphatic heterocycles. The van der Waals surface area contributed by atoms with Gasteiger partial charge >= 0.3 is 11.9 Å². The Morgan fingerprint density at radius 3 is 1.30 bits per heavy atom. The number of carbonyl (C=O) groups excluding carboxylic acids is 2. The molecule has 0 aromatic carbocycles. The minimum atomic E-state index is -0.427. The van der Waals surface area contributed by atoms with E-state index in [1.165, 1.54) is 57.8 Å². The van der Waals surface area contributed by atoms with Crippen LogP contribution in [0.15, 0.2) is 0 Å². The average Bonchev–Trinajstić information content (AvgIpc) is 2.66. The molecule has 0 aromatic rings. The van der Waals surface area contributed by atoms with Crippen LogP contribution in [0, 0.1) is 0 Å². The van der Waals surface area contributed by atoms with E-state index >= 15 is 0 Å². The molecule has 27 heavy (non-hydrogen) atoms. The summed E-state index contributed by atoms with van der Waals surface area (Å²) in [6.07, 6.45) is 16.9. The number of hydrogen-bond donors (Lipinski definition) is 0. The van der Waals surface area contributed by atoms with Crippen molar-refractivity contribution < 1.29 is 23.8 Å². The molecule has 0 aliphatic carbocycles. The normalized spacial score (nSPS) is 10.7. The fraction of sp³-hybridized carbons (Fsp3) is 0.909. The van der Waals surface area contributed by atoms with Gasteiger partial charge in [0.15, 0.2) is 0 Å². The van der Waals surface area contributed by atoms with E-state index in [0.717, 1.165) is 32.1 Å². The fourth-order valence-corrected chi connectivity index (χ4v) is 2.79. The first-order valence-electron chi connectivity index (χ1n) is 11.1. The smallest absolute Gasteiger partial charge is 0.332 e. The molecule has 0 spiro atoms. The van der Waals surface area contributed by atoms with Gasteiger partial charge in [0.05, 0.1) is 13.2 Å². The zero-order valence-corrected chi connectivity index (χ0v) is 17.8. The van der Waals surface area contributed by atoms with Gasteiger partial charge in [-0.2, -0.15) is 0 Å². The van der Waals surface area contributed by atoms with E-state index < -0.39 is 11.9 Å². The third-order valence-electron chi connectivity index (χ3n) is 4.46. The minimum absolute atomic E-state index is 0.192. The van der Waals surface area contributed by atoms with E-state index in [4.69, 9.17) is 14.2 Å². The molecule has 0 unspecified atom stereocenters. The second-order valence-electron chi connectivity index (χ2n) is 7.18. The number of esters is 2. The van der Waals surface area contributed by atoms with Crippen molar-refractivity contribution in [2.24, 2.45) is 0 Å². The van der Waals surface area contributed by atoms with Crippen LogP contribution in [0.1, 0.15) is 104 Å². The van der Waals surface area contributed by atoms with Gasteiger partial charge in [-0.3, -0.25) is 0 Å². The maximum atomic E-state index is 11.5. The largest absolute Gasteiger partial charge is 0.464 e. The summed E-state index contributed by atoms with van der Waals surface area (Å²) in [7, 11) is 0. The van der Waals surface area contributed by atoms with Crippen LogP contribution in [0.4, 0.5) is 0 Å². The Morgan fingerprint density at radius 1 is 0.519 bits per heavy atom. The third kappa shape index (κ3) is 21.1. The molecule has 0 amide bonds. The van der Waals surface area contributed by atoms with Crippen LogP contribution in [-0.2, 0) is 23.8 Å². The van der Waals surface area contributed by atoms with Crippen molar-refractivity contribution in [2.45, 2.75) is 104 Å². The van der Waals surface area contributed by atoms with Gasteiger partial charge in [0, 0.05) is 0 Å². The quantitative estimate of drug-likeness (QED) is 0.202. The van der Waals surface area contributed by atoms with E-state index in [2.05, 4.69) is 13.8 Å². The number of rotatable bonds is 20. The Hall–Kier alpha value is -1.10. The van der Waals surface area contributed by atoms with Crippen molar-refractivity contribution in [2.75, 3.05) is 26.4 Å². The van der Waals surface area contributed by atoms with Gasteiger partial charge in [0.2, 0.25) is 0 Å². The van der Waals surface area contributed by atoms with Crippen LogP contribution in [0.2, 0.25) is 0 Å². The van der Waals surface area contributed by atoms with E-state index in [0.29, 0.717) is 13.2 Å². The van der Waals surface area contributed by atoms with Gasteiger partial charge in [-0.15, -0.1) is 0 Å². The first-order chi connectivity index (χ1) is 13.2. The molecule has 0 atom stereocenters.